The van der Waals surface area contributed by atoms with Crippen LogP contribution in [0.5, 0.6) is 0 Å². The molecule has 202 valence electrons. The van der Waals surface area contributed by atoms with Crippen LogP contribution in [0.15, 0.2) is 65.6 Å². The Balaban J connectivity index is 2.08. The molecule has 3 rings (SSSR count). The number of sulfonamides is 1. The molecule has 3 aromatic rings. The summed E-state index contributed by atoms with van der Waals surface area (Å²) in [6.45, 7) is 2.68. The molecule has 0 aliphatic carbocycles. The SMILES string of the molecule is CNC(=O)C(C)N(Cc1ccc(Cl)c(Cl)c1)C(=O)CN(c1cccc(Cl)c1Cl)S(=O)(=O)c1ccc(C)cc1. The van der Waals surface area contributed by atoms with Gasteiger partial charge in [0.25, 0.3) is 10.0 Å². The molecule has 1 N–H and O–H groups in total. The van der Waals surface area contributed by atoms with E-state index in [9.17, 15) is 18.0 Å². The average molecular weight is 617 g/mol. The molecule has 7 nitrogen and oxygen atoms in total. The van der Waals surface area contributed by atoms with Crippen molar-refractivity contribution in [2.24, 2.45) is 0 Å². The third-order valence-electron chi connectivity index (χ3n) is 5.84. The number of benzene rings is 3. The number of anilines is 1. The highest BCUT2D eigenvalue weighted by molar-refractivity contribution is 7.92. The van der Waals surface area contributed by atoms with Crippen LogP contribution < -0.4 is 9.62 Å². The number of carbonyl (C=O) groups is 2. The predicted octanol–water partition coefficient (Wildman–Crippen LogP) is 5.97. The van der Waals surface area contributed by atoms with Gasteiger partial charge in [-0.25, -0.2) is 8.42 Å². The maximum atomic E-state index is 13.8. The maximum absolute atomic E-state index is 13.8. The zero-order valence-electron chi connectivity index (χ0n) is 20.7. The summed E-state index contributed by atoms with van der Waals surface area (Å²) in [4.78, 5) is 27.5. The first-order valence-corrected chi connectivity index (χ1v) is 14.3. The number of hydrogen-bond acceptors (Lipinski definition) is 4. The third kappa shape index (κ3) is 6.74. The highest BCUT2D eigenvalue weighted by Crippen LogP contribution is 2.35. The molecule has 38 heavy (non-hydrogen) atoms. The summed E-state index contributed by atoms with van der Waals surface area (Å²) < 4.78 is 28.5. The van der Waals surface area contributed by atoms with Crippen LogP contribution in [0.25, 0.3) is 0 Å². The molecule has 0 saturated carbocycles. The lowest BCUT2D eigenvalue weighted by Gasteiger charge is -2.32. The Labute approximate surface area is 242 Å². The maximum Gasteiger partial charge on any atom is 0.264 e. The Hall–Kier alpha value is -2.49. The second-order valence-corrected chi connectivity index (χ2v) is 11.9. The van der Waals surface area contributed by atoms with Crippen molar-refractivity contribution in [3.05, 3.63) is 91.9 Å². The molecule has 1 unspecified atom stereocenters. The smallest absolute Gasteiger partial charge is 0.264 e. The molecule has 0 aliphatic heterocycles. The van der Waals surface area contributed by atoms with Crippen molar-refractivity contribution in [3.63, 3.8) is 0 Å². The normalized spacial score (nSPS) is 12.1. The van der Waals surface area contributed by atoms with Crippen molar-refractivity contribution in [3.8, 4) is 0 Å². The Morgan fingerprint density at radius 1 is 0.921 bits per heavy atom. The van der Waals surface area contributed by atoms with Gasteiger partial charge in [0.05, 0.1) is 30.7 Å². The van der Waals surface area contributed by atoms with E-state index in [2.05, 4.69) is 5.32 Å². The van der Waals surface area contributed by atoms with E-state index in [1.54, 1.807) is 37.3 Å². The van der Waals surface area contributed by atoms with Crippen molar-refractivity contribution in [2.75, 3.05) is 17.9 Å². The van der Waals surface area contributed by atoms with Gasteiger partial charge in [0, 0.05) is 13.6 Å². The zero-order chi connectivity index (χ0) is 28.2. The average Bonchev–Trinajstić information content (AvgIpc) is 2.88. The summed E-state index contributed by atoms with van der Waals surface area (Å²) in [6, 6.07) is 14.6. The minimum Gasteiger partial charge on any atom is -0.357 e. The number of nitrogens with zero attached hydrogens (tertiary/aromatic N) is 2. The summed E-state index contributed by atoms with van der Waals surface area (Å²) in [6.07, 6.45) is 0. The topological polar surface area (TPSA) is 86.8 Å². The number of amides is 2. The number of likely N-dealkylation sites (N-methyl/N-ethyl adjacent to an activating group) is 1. The molecule has 12 heteroatoms. The minimum atomic E-state index is -4.27. The van der Waals surface area contributed by atoms with E-state index < -0.39 is 34.4 Å². The van der Waals surface area contributed by atoms with E-state index in [-0.39, 0.29) is 32.2 Å². The Morgan fingerprint density at radius 3 is 2.18 bits per heavy atom. The van der Waals surface area contributed by atoms with Crippen LogP contribution in [0.1, 0.15) is 18.1 Å². The van der Waals surface area contributed by atoms with Crippen LogP contribution in [-0.2, 0) is 26.2 Å². The molecule has 0 spiro atoms. The van der Waals surface area contributed by atoms with E-state index in [1.807, 2.05) is 6.92 Å². The van der Waals surface area contributed by atoms with Gasteiger partial charge in [-0.05, 0) is 55.8 Å². The molecular weight excluding hydrogens is 592 g/mol. The number of carbonyl (C=O) groups excluding carboxylic acids is 2. The second-order valence-electron chi connectivity index (χ2n) is 8.46. The van der Waals surface area contributed by atoms with Gasteiger partial charge in [-0.3, -0.25) is 13.9 Å². The Morgan fingerprint density at radius 2 is 1.58 bits per heavy atom. The first kappa shape index (κ1) is 30.1. The van der Waals surface area contributed by atoms with Crippen LogP contribution >= 0.6 is 46.4 Å². The van der Waals surface area contributed by atoms with Gasteiger partial charge < -0.3 is 10.2 Å². The van der Waals surface area contributed by atoms with Crippen molar-refractivity contribution >= 4 is 73.9 Å². The number of aryl methyl sites for hydroxylation is 1. The van der Waals surface area contributed by atoms with Gasteiger partial charge in [0.2, 0.25) is 11.8 Å². The molecule has 0 bridgehead atoms. The van der Waals surface area contributed by atoms with Crippen LogP contribution in [-0.4, -0.2) is 44.8 Å². The largest absolute Gasteiger partial charge is 0.357 e. The van der Waals surface area contributed by atoms with Gasteiger partial charge in [0.1, 0.15) is 12.6 Å². The zero-order valence-corrected chi connectivity index (χ0v) is 24.6. The lowest BCUT2D eigenvalue weighted by molar-refractivity contribution is -0.139. The highest BCUT2D eigenvalue weighted by Gasteiger charge is 2.33. The summed E-state index contributed by atoms with van der Waals surface area (Å²) >= 11 is 24.8. The predicted molar refractivity (Wildman–Crippen MR) is 153 cm³/mol. The van der Waals surface area contributed by atoms with Gasteiger partial charge in [-0.15, -0.1) is 0 Å². The van der Waals surface area contributed by atoms with Crippen LogP contribution in [0, 0.1) is 6.92 Å². The van der Waals surface area contributed by atoms with E-state index in [1.165, 1.54) is 42.3 Å². The minimum absolute atomic E-state index is 0.0233. The van der Waals surface area contributed by atoms with E-state index >= 15 is 0 Å². The molecule has 0 aliphatic rings. The van der Waals surface area contributed by atoms with Gasteiger partial charge in [-0.1, -0.05) is 76.2 Å². The summed E-state index contributed by atoms with van der Waals surface area (Å²) in [5, 5.41) is 3.21. The van der Waals surface area contributed by atoms with Crippen molar-refractivity contribution in [2.45, 2.75) is 31.3 Å². The van der Waals surface area contributed by atoms with Gasteiger partial charge in [-0.2, -0.15) is 0 Å². The van der Waals surface area contributed by atoms with E-state index in [0.717, 1.165) is 9.87 Å². The van der Waals surface area contributed by atoms with Crippen molar-refractivity contribution in [1.29, 1.82) is 0 Å². The molecule has 0 saturated heterocycles. The van der Waals surface area contributed by atoms with Crippen molar-refractivity contribution < 1.29 is 18.0 Å². The standard InChI is InChI=1S/C26H25Cl4N3O4S/c1-16-7-10-19(11-8-16)38(36,37)33(23-6-4-5-21(28)25(23)30)15-24(34)32(17(2)26(35)31-3)14-18-9-12-20(27)22(29)13-18/h4-13,17H,14-15H2,1-3H3,(H,31,35). The quantitative estimate of drug-likeness (QED) is 0.321. The molecular formula is C26H25Cl4N3O4S. The molecule has 0 heterocycles. The monoisotopic (exact) mass is 615 g/mol. The summed E-state index contributed by atoms with van der Waals surface area (Å²) in [7, 11) is -2.83. The van der Waals surface area contributed by atoms with E-state index in [0.29, 0.717) is 10.6 Å². The van der Waals surface area contributed by atoms with Crippen LogP contribution in [0.4, 0.5) is 5.69 Å². The van der Waals surface area contributed by atoms with Gasteiger partial charge in [0.15, 0.2) is 0 Å². The van der Waals surface area contributed by atoms with Gasteiger partial charge >= 0.3 is 0 Å². The third-order valence-corrected chi connectivity index (χ3v) is 9.16. The number of halogens is 4. The van der Waals surface area contributed by atoms with Crippen LogP contribution in [0.3, 0.4) is 0 Å². The molecule has 0 aromatic heterocycles. The summed E-state index contributed by atoms with van der Waals surface area (Å²) in [5.74, 6) is -1.09. The number of rotatable bonds is 9. The summed E-state index contributed by atoms with van der Waals surface area (Å²) in [5.41, 5.74) is 1.48. The highest BCUT2D eigenvalue weighted by atomic mass is 35.5. The fourth-order valence-corrected chi connectivity index (χ4v) is 5.86. The first-order chi connectivity index (χ1) is 17.9. The van der Waals surface area contributed by atoms with Crippen LogP contribution in [0.2, 0.25) is 20.1 Å². The second kappa shape index (κ2) is 12.6. The Bertz CT molecular complexity index is 1450. The fourth-order valence-electron chi connectivity index (χ4n) is 3.66. The number of hydrogen-bond donors (Lipinski definition) is 1. The number of nitrogens with one attached hydrogen (secondary N) is 1. The molecule has 3 aromatic carbocycles. The van der Waals surface area contributed by atoms with Crippen molar-refractivity contribution in [1.82, 2.24) is 10.2 Å². The molecule has 0 fully saturated rings. The lowest BCUT2D eigenvalue weighted by atomic mass is 10.1. The fraction of sp³-hybridized carbons (Fsp3) is 0.231. The molecule has 2 amide bonds. The first-order valence-electron chi connectivity index (χ1n) is 11.3. The molecule has 0 radical (unpaired) electrons. The lowest BCUT2D eigenvalue weighted by Crippen LogP contribution is -2.50. The Kier molecular flexibility index (Phi) is 9.95. The molecule has 1 atom stereocenters. The van der Waals surface area contributed by atoms with E-state index in [4.69, 9.17) is 46.4 Å².